The van der Waals surface area contributed by atoms with Crippen LogP contribution in [0, 0.1) is 56.7 Å². The summed E-state index contributed by atoms with van der Waals surface area (Å²) < 4.78 is 0. The molecule has 188 valence electrons. The third-order valence-corrected chi connectivity index (χ3v) is 13.6. The molecule has 5 aliphatic carbocycles. The molecule has 12 unspecified atom stereocenters. The Morgan fingerprint density at radius 3 is 2.12 bits per heavy atom. The zero-order valence-corrected chi connectivity index (χ0v) is 22.5. The summed E-state index contributed by atoms with van der Waals surface area (Å²) in [4.78, 5) is 0. The van der Waals surface area contributed by atoms with Crippen molar-refractivity contribution in [3.63, 3.8) is 0 Å². The van der Waals surface area contributed by atoms with Gasteiger partial charge in [0.1, 0.15) is 0 Å². The fourth-order valence-electron chi connectivity index (χ4n) is 11.2. The van der Waals surface area contributed by atoms with Crippen LogP contribution in [-0.2, 0) is 0 Å². The molecule has 12 atom stereocenters. The monoisotopic (exact) mass is 458 g/mol. The Balaban J connectivity index is 1.62. The Morgan fingerprint density at radius 2 is 1.45 bits per heavy atom. The summed E-state index contributed by atoms with van der Waals surface area (Å²) in [5.74, 6) is 1.86. The number of rotatable bonds is 0. The number of hydrogen-bond donors (Lipinski definition) is 3. The van der Waals surface area contributed by atoms with Gasteiger partial charge in [-0.05, 0) is 103 Å². The lowest BCUT2D eigenvalue weighted by Gasteiger charge is -2.74. The van der Waals surface area contributed by atoms with Gasteiger partial charge in [0, 0.05) is 5.41 Å². The first-order valence-electron chi connectivity index (χ1n) is 13.9. The highest BCUT2D eigenvalue weighted by Gasteiger charge is 2.72. The lowest BCUT2D eigenvalue weighted by Crippen LogP contribution is -2.71. The van der Waals surface area contributed by atoms with Crippen LogP contribution in [0.25, 0.3) is 0 Å². The van der Waals surface area contributed by atoms with Gasteiger partial charge in [0.2, 0.25) is 0 Å². The van der Waals surface area contributed by atoms with E-state index in [9.17, 15) is 15.3 Å². The summed E-state index contributed by atoms with van der Waals surface area (Å²) in [6.07, 6.45) is 8.32. The Hall–Kier alpha value is -0.380. The molecular formula is C30H50O3. The zero-order valence-electron chi connectivity index (χ0n) is 22.5. The van der Waals surface area contributed by atoms with E-state index in [1.807, 2.05) is 0 Å². The Kier molecular flexibility index (Phi) is 5.23. The first-order chi connectivity index (χ1) is 15.1. The molecule has 5 aliphatic rings. The second-order valence-electron chi connectivity index (χ2n) is 14.9. The second-order valence-corrected chi connectivity index (χ2v) is 14.9. The van der Waals surface area contributed by atoms with Crippen molar-refractivity contribution in [1.82, 2.24) is 0 Å². The van der Waals surface area contributed by atoms with Gasteiger partial charge >= 0.3 is 0 Å². The fourth-order valence-corrected chi connectivity index (χ4v) is 11.2. The van der Waals surface area contributed by atoms with E-state index in [4.69, 9.17) is 0 Å². The number of fused-ring (bicyclic) bond motifs is 7. The van der Waals surface area contributed by atoms with Crippen LogP contribution in [0.5, 0.6) is 0 Å². The molecule has 0 bridgehead atoms. The van der Waals surface area contributed by atoms with Crippen molar-refractivity contribution < 1.29 is 15.3 Å². The van der Waals surface area contributed by atoms with Gasteiger partial charge in [-0.25, -0.2) is 0 Å². The van der Waals surface area contributed by atoms with Crippen LogP contribution in [-0.4, -0.2) is 33.6 Å². The molecule has 0 saturated heterocycles. The smallest absolute Gasteiger partial charge is 0.0605 e. The fraction of sp³-hybridized carbons (Fsp3) is 0.933. The molecule has 4 fully saturated rings. The number of aliphatic hydroxyl groups excluding tert-OH is 3. The quantitative estimate of drug-likeness (QED) is 0.392. The molecule has 0 aliphatic heterocycles. The first kappa shape index (κ1) is 24.3. The zero-order chi connectivity index (χ0) is 24.4. The summed E-state index contributed by atoms with van der Waals surface area (Å²) in [6.45, 7) is 18.9. The molecule has 5 rings (SSSR count). The van der Waals surface area contributed by atoms with Crippen molar-refractivity contribution >= 4 is 0 Å². The third-order valence-electron chi connectivity index (χ3n) is 13.6. The molecule has 3 nitrogen and oxygen atoms in total. The Bertz CT molecular complexity index is 847. The highest BCUT2D eigenvalue weighted by Crippen LogP contribution is 2.76. The molecule has 0 spiro atoms. The van der Waals surface area contributed by atoms with Gasteiger partial charge in [-0.15, -0.1) is 0 Å². The summed E-state index contributed by atoms with van der Waals surface area (Å²) in [5, 5.41) is 34.6. The normalized spacial score (nSPS) is 60.0. The average molecular weight is 459 g/mol. The molecule has 0 radical (unpaired) electrons. The van der Waals surface area contributed by atoms with E-state index in [1.165, 1.54) is 5.57 Å². The number of aliphatic hydroxyl groups is 3. The van der Waals surface area contributed by atoms with Gasteiger partial charge in [-0.3, -0.25) is 0 Å². The van der Waals surface area contributed by atoms with E-state index < -0.39 is 0 Å². The van der Waals surface area contributed by atoms with Crippen LogP contribution in [0.2, 0.25) is 0 Å². The van der Waals surface area contributed by atoms with Gasteiger partial charge in [0.25, 0.3) is 0 Å². The van der Waals surface area contributed by atoms with E-state index in [0.29, 0.717) is 23.7 Å². The van der Waals surface area contributed by atoms with Crippen molar-refractivity contribution in [3.05, 3.63) is 11.6 Å². The molecular weight excluding hydrogens is 408 g/mol. The van der Waals surface area contributed by atoms with Gasteiger partial charge < -0.3 is 15.3 Å². The molecule has 0 aromatic heterocycles. The molecule has 3 N–H and O–H groups in total. The van der Waals surface area contributed by atoms with Gasteiger partial charge in [-0.2, -0.15) is 0 Å². The van der Waals surface area contributed by atoms with Crippen LogP contribution >= 0.6 is 0 Å². The minimum absolute atomic E-state index is 0.0819. The number of allylic oxidation sites excluding steroid dienone is 2. The van der Waals surface area contributed by atoms with Crippen molar-refractivity contribution in [2.75, 3.05) is 0 Å². The first-order valence-corrected chi connectivity index (χ1v) is 13.9. The molecule has 3 heteroatoms. The molecule has 33 heavy (non-hydrogen) atoms. The maximum atomic E-state index is 12.0. The largest absolute Gasteiger partial charge is 0.393 e. The van der Waals surface area contributed by atoms with E-state index in [2.05, 4.69) is 61.5 Å². The SMILES string of the molecule is CC1=CCC2(C)C(O)CC3(C)C(C(O)CC4C5(C)CCC(O)C(C)(C)C5CCC43C)C2C1C. The second kappa shape index (κ2) is 7.10. The number of hydrogen-bond acceptors (Lipinski definition) is 3. The summed E-state index contributed by atoms with van der Waals surface area (Å²) >= 11 is 0. The average Bonchev–Trinajstić information content (AvgIpc) is 2.72. The Labute approximate surface area is 202 Å². The highest BCUT2D eigenvalue weighted by molar-refractivity contribution is 5.25. The van der Waals surface area contributed by atoms with Crippen LogP contribution in [0.15, 0.2) is 11.6 Å². The summed E-state index contributed by atoms with van der Waals surface area (Å²) in [6, 6.07) is 0. The lowest BCUT2D eigenvalue weighted by atomic mass is 9.31. The van der Waals surface area contributed by atoms with E-state index >= 15 is 0 Å². The minimum Gasteiger partial charge on any atom is -0.393 e. The van der Waals surface area contributed by atoms with Crippen molar-refractivity contribution in [3.8, 4) is 0 Å². The van der Waals surface area contributed by atoms with Gasteiger partial charge in [0.15, 0.2) is 0 Å². The van der Waals surface area contributed by atoms with Crippen molar-refractivity contribution in [2.24, 2.45) is 56.7 Å². The minimum atomic E-state index is -0.325. The predicted molar refractivity (Wildman–Crippen MR) is 133 cm³/mol. The lowest BCUT2D eigenvalue weighted by molar-refractivity contribution is -0.290. The van der Waals surface area contributed by atoms with E-state index in [-0.39, 0.29) is 51.3 Å². The molecule has 4 saturated carbocycles. The van der Waals surface area contributed by atoms with Gasteiger partial charge in [-0.1, -0.05) is 60.1 Å². The van der Waals surface area contributed by atoms with E-state index in [0.717, 1.165) is 44.9 Å². The molecule has 0 aromatic rings. The van der Waals surface area contributed by atoms with Crippen LogP contribution in [0.3, 0.4) is 0 Å². The third kappa shape index (κ3) is 2.80. The Morgan fingerprint density at radius 1 is 0.788 bits per heavy atom. The molecule has 0 amide bonds. The van der Waals surface area contributed by atoms with Crippen LogP contribution < -0.4 is 0 Å². The summed E-state index contributed by atoms with van der Waals surface area (Å²) in [7, 11) is 0. The van der Waals surface area contributed by atoms with Crippen LogP contribution in [0.1, 0.15) is 100 Å². The van der Waals surface area contributed by atoms with Crippen LogP contribution in [0.4, 0.5) is 0 Å². The molecule has 0 heterocycles. The van der Waals surface area contributed by atoms with E-state index in [1.54, 1.807) is 0 Å². The maximum absolute atomic E-state index is 12.0. The predicted octanol–water partition coefficient (Wildman–Crippen LogP) is 5.97. The van der Waals surface area contributed by atoms with Gasteiger partial charge in [0.05, 0.1) is 18.3 Å². The van der Waals surface area contributed by atoms with Crippen molar-refractivity contribution in [1.29, 1.82) is 0 Å². The van der Waals surface area contributed by atoms with Crippen molar-refractivity contribution in [2.45, 2.75) is 119 Å². The molecule has 0 aromatic carbocycles. The standard InChI is InChI=1S/C30H50O3/c1-17-9-12-28(6)23(33)16-30(8)25(24(28)18(17)2)19(31)15-21-27(5)13-11-22(32)26(3,4)20(27)10-14-29(21,30)7/h9,18-25,31-33H,10-16H2,1-8H3. The highest BCUT2D eigenvalue weighted by atomic mass is 16.3. The maximum Gasteiger partial charge on any atom is 0.0605 e. The summed E-state index contributed by atoms with van der Waals surface area (Å²) in [5.41, 5.74) is 1.35. The topological polar surface area (TPSA) is 60.7 Å².